The molecular formula is C66H75Cl2N9O24. The number of carboxylic acids is 1. The number of halogens is 2. The smallest absolute Gasteiger partial charge is 0.330 e. The number of rotatable bonds is 12. The molecule has 35 heteroatoms. The summed E-state index contributed by atoms with van der Waals surface area (Å²) in [4.78, 5) is 116. The van der Waals surface area contributed by atoms with Crippen molar-refractivity contribution in [3.8, 4) is 57.1 Å². The summed E-state index contributed by atoms with van der Waals surface area (Å²) in [5.41, 5.74) is 8.21. The molecule has 0 saturated carbocycles. The molecule has 0 aromatic heterocycles. The van der Waals surface area contributed by atoms with Crippen molar-refractivity contribution in [1.29, 1.82) is 0 Å². The molecule has 7 aliphatic rings. The Kier molecular flexibility index (Phi) is 22.2. The highest BCUT2D eigenvalue weighted by atomic mass is 35.5. The van der Waals surface area contributed by atoms with E-state index in [9.17, 15) is 79.8 Å². The Balaban J connectivity index is 1.23. The SMILES string of the molecule is CN[C@H](CC(C)C)C(=O)NC1C(=O)NC(C(N)=O)CC(=O)N[C@H]2C(=O)N[C@H]3C(=O)NC(C(=O)N[C@@H](C(=O)O)c4cc(O)cc(O)c4-c4cc3ccc4O)[C@H](O)c3ccc(c(Cl)c3)Oc3cc2cc(c3O[C@@H]2OC(CO)[C@@H](O)C(O)C2O[C@H]2CC(C)(N)[C@H](O)C(C)O2)Oc2ccc(cc2Cl)C1O. The number of carbonyl (C=O) groups is 8. The second-order valence-electron chi connectivity index (χ2n) is 25.7. The van der Waals surface area contributed by atoms with E-state index in [2.05, 4.69) is 37.2 Å². The van der Waals surface area contributed by atoms with E-state index in [-0.39, 0.29) is 46.2 Å². The van der Waals surface area contributed by atoms with Crippen LogP contribution in [0.3, 0.4) is 0 Å². The highest BCUT2D eigenvalue weighted by Crippen LogP contribution is 2.50. The number of carboxylic acid groups (broad SMARTS) is 1. The summed E-state index contributed by atoms with van der Waals surface area (Å²) in [5.74, 6) is -15.8. The van der Waals surface area contributed by atoms with E-state index in [1.165, 1.54) is 33.0 Å². The van der Waals surface area contributed by atoms with Crippen LogP contribution in [0.25, 0.3) is 11.1 Å². The average molecular weight is 1450 g/mol. The number of benzene rings is 5. The Morgan fingerprint density at radius 3 is 1.92 bits per heavy atom. The molecule has 7 heterocycles. The maximum atomic E-state index is 15.9. The summed E-state index contributed by atoms with van der Waals surface area (Å²) in [5, 5.41) is 130. The molecule has 21 N–H and O–H groups in total. The minimum atomic E-state index is -2.28. The fraction of sp³-hybridized carbons (Fsp3) is 0.424. The Labute approximate surface area is 584 Å². The van der Waals surface area contributed by atoms with Crippen LogP contribution in [0.4, 0.5) is 0 Å². The van der Waals surface area contributed by atoms with Gasteiger partial charge in [0.15, 0.2) is 29.9 Å². The van der Waals surface area contributed by atoms with Gasteiger partial charge in [-0.15, -0.1) is 0 Å². The summed E-state index contributed by atoms with van der Waals surface area (Å²) in [7, 11) is 1.48. The molecule has 7 amide bonds. The molecule has 0 aliphatic carbocycles. The minimum Gasteiger partial charge on any atom is -0.508 e. The number of hydrogen-bond donors (Lipinski definition) is 19. The van der Waals surface area contributed by atoms with Crippen LogP contribution in [0.1, 0.15) is 105 Å². The lowest BCUT2D eigenvalue weighted by Crippen LogP contribution is -2.64. The fourth-order valence-corrected chi connectivity index (χ4v) is 12.9. The van der Waals surface area contributed by atoms with Gasteiger partial charge >= 0.3 is 5.97 Å². The summed E-state index contributed by atoms with van der Waals surface area (Å²) >= 11 is 14.1. The van der Waals surface area contributed by atoms with Crippen molar-refractivity contribution < 1.29 is 118 Å². The largest absolute Gasteiger partial charge is 0.508 e. The average Bonchev–Trinajstić information content (AvgIpc) is 0.953. The predicted octanol–water partition coefficient (Wildman–Crippen LogP) is 0.106. The molecule has 7 aliphatic heterocycles. The van der Waals surface area contributed by atoms with Crippen molar-refractivity contribution in [1.82, 2.24) is 37.2 Å². The van der Waals surface area contributed by atoms with Crippen LogP contribution in [0, 0.1) is 5.92 Å². The molecule has 542 valence electrons. The Hall–Kier alpha value is -9.20. The van der Waals surface area contributed by atoms with Crippen molar-refractivity contribution in [2.45, 2.75) is 156 Å². The summed E-state index contributed by atoms with van der Waals surface area (Å²) in [6, 6.07) is -0.353. The molecule has 11 bridgehead atoms. The third kappa shape index (κ3) is 15.8. The number of ether oxygens (including phenoxy) is 6. The number of nitrogens with two attached hydrogens (primary N) is 2. The standard InChI is InChI=1S/C66H75Cl2N9O24/c1-23(2)12-35(71-5)59(89)76-49-51(83)26-7-10-38(32(67)14-26)97-40-16-28-17-41(55(40)101-65-56(54(86)53(85)42(22-78)99-65)100-44-21-66(4,70)57(87)24(3)96-44)98-39-11-8-27(15-33(39)68)52(84)50-63(93)75-48(64(94)95)31-18-29(79)19-37(81)45(31)30-13-25(6-9-36(30)80)46(60(90)77-50)74-61(91)47(28)73-43(82)20-34(58(69)88)72-62(49)92/h6-11,13-19,23-24,34-35,42,44,46-54,56-57,65,71,78-81,83-87H,12,20-22,70H2,1-5H3,(H2,69,88)(H,72,92)(H,73,82)(H,74,91)(H,75,93)(H,76,89)(H,77,90)(H,94,95)/t24?,34?,35-,42?,44+,46-,47-,48-,49?,50?,51?,52-,53-,54?,56?,57-,65+,66?/m1/s1. The quantitative estimate of drug-likeness (QED) is 0.0788. The zero-order valence-electron chi connectivity index (χ0n) is 54.3. The number of nitrogens with one attached hydrogen (secondary N) is 7. The Bertz CT molecular complexity index is 4070. The number of aliphatic hydroxyl groups is 6. The molecule has 2 fully saturated rings. The lowest BCUT2D eigenvalue weighted by atomic mass is 9.86. The van der Waals surface area contributed by atoms with E-state index in [1.54, 1.807) is 0 Å². The first-order chi connectivity index (χ1) is 47.7. The number of carbonyl (C=O) groups excluding carboxylic acids is 7. The summed E-state index contributed by atoms with van der Waals surface area (Å²) < 4.78 is 38.3. The third-order valence-electron chi connectivity index (χ3n) is 17.8. The summed E-state index contributed by atoms with van der Waals surface area (Å²) in [6.07, 6.45) is -18.6. The Morgan fingerprint density at radius 1 is 0.723 bits per heavy atom. The van der Waals surface area contributed by atoms with E-state index in [1.807, 2.05) is 13.8 Å². The number of primary amides is 1. The van der Waals surface area contributed by atoms with Crippen molar-refractivity contribution in [2.24, 2.45) is 17.4 Å². The number of aromatic hydroxyl groups is 3. The Morgan fingerprint density at radius 2 is 1.34 bits per heavy atom. The van der Waals surface area contributed by atoms with Crippen LogP contribution in [0.15, 0.2) is 78.9 Å². The number of fused-ring (bicyclic) bond motifs is 16. The number of amides is 7. The van der Waals surface area contributed by atoms with Gasteiger partial charge in [-0.1, -0.05) is 55.2 Å². The van der Waals surface area contributed by atoms with Gasteiger partial charge < -0.3 is 128 Å². The molecule has 5 aromatic rings. The topological polar surface area (TPSA) is 530 Å². The number of phenols is 3. The monoisotopic (exact) mass is 1450 g/mol. The van der Waals surface area contributed by atoms with Crippen LogP contribution in [0.2, 0.25) is 10.0 Å². The van der Waals surface area contributed by atoms with E-state index < -0.39 is 237 Å². The molecule has 5 aromatic carbocycles. The van der Waals surface area contributed by atoms with Gasteiger partial charge in [0.1, 0.15) is 89.5 Å². The maximum absolute atomic E-state index is 15.9. The first-order valence-electron chi connectivity index (χ1n) is 31.6. The normalized spacial score (nSPS) is 29.6. The molecule has 2 saturated heterocycles. The van der Waals surface area contributed by atoms with Gasteiger partial charge in [-0.2, -0.15) is 0 Å². The summed E-state index contributed by atoms with van der Waals surface area (Å²) in [6.45, 7) is 5.67. The fourth-order valence-electron chi connectivity index (χ4n) is 12.5. The molecule has 33 nitrogen and oxygen atoms in total. The molecule has 0 radical (unpaired) electrons. The van der Waals surface area contributed by atoms with Gasteiger partial charge in [-0.25, -0.2) is 4.79 Å². The number of hydrogen-bond acceptors (Lipinski definition) is 25. The first-order valence-corrected chi connectivity index (χ1v) is 32.4. The zero-order valence-corrected chi connectivity index (χ0v) is 55.8. The van der Waals surface area contributed by atoms with Crippen molar-refractivity contribution in [3.05, 3.63) is 117 Å². The lowest BCUT2D eigenvalue weighted by Gasteiger charge is -2.47. The van der Waals surface area contributed by atoms with E-state index in [0.29, 0.717) is 0 Å². The minimum absolute atomic E-state index is 0.0825. The molecule has 101 heavy (non-hydrogen) atoms. The molecule has 9 unspecified atom stereocenters. The van der Waals surface area contributed by atoms with Gasteiger partial charge in [0.2, 0.25) is 53.4 Å². The van der Waals surface area contributed by atoms with E-state index in [0.717, 1.165) is 66.7 Å². The van der Waals surface area contributed by atoms with Crippen LogP contribution in [0.5, 0.6) is 46.0 Å². The number of aliphatic carboxylic acids is 1. The van der Waals surface area contributed by atoms with E-state index >= 15 is 9.59 Å². The molecular weight excluding hydrogens is 1370 g/mol. The molecule has 18 atom stereocenters. The highest BCUT2D eigenvalue weighted by Gasteiger charge is 2.51. The van der Waals surface area contributed by atoms with Crippen LogP contribution < -0.4 is 62.9 Å². The van der Waals surface area contributed by atoms with Crippen LogP contribution in [-0.4, -0.2) is 191 Å². The van der Waals surface area contributed by atoms with E-state index in [4.69, 9.17) is 63.1 Å². The highest BCUT2D eigenvalue weighted by molar-refractivity contribution is 6.32. The third-order valence-corrected chi connectivity index (χ3v) is 18.4. The molecule has 0 spiro atoms. The van der Waals surface area contributed by atoms with Gasteiger partial charge in [-0.05, 0) is 110 Å². The van der Waals surface area contributed by atoms with Gasteiger partial charge in [-0.3, -0.25) is 33.6 Å². The zero-order chi connectivity index (χ0) is 73.5. The van der Waals surface area contributed by atoms with Crippen molar-refractivity contribution in [3.63, 3.8) is 0 Å². The van der Waals surface area contributed by atoms with Gasteiger partial charge in [0, 0.05) is 34.7 Å². The number of phenolic OH excluding ortho intramolecular Hbond substituents is 3. The second kappa shape index (κ2) is 30.2. The lowest BCUT2D eigenvalue weighted by molar-refractivity contribution is -0.333. The first kappa shape index (κ1) is 74.5. The van der Waals surface area contributed by atoms with Crippen LogP contribution >= 0.6 is 23.2 Å². The van der Waals surface area contributed by atoms with Crippen molar-refractivity contribution in [2.75, 3.05) is 13.7 Å². The maximum Gasteiger partial charge on any atom is 0.330 e. The predicted molar refractivity (Wildman–Crippen MR) is 349 cm³/mol. The molecule has 12 rings (SSSR count). The van der Waals surface area contributed by atoms with Gasteiger partial charge in [0.25, 0.3) is 0 Å². The van der Waals surface area contributed by atoms with Crippen LogP contribution in [-0.2, 0) is 52.6 Å². The number of likely N-dealkylation sites (N-methyl/N-ethyl adjacent to an activating group) is 1. The number of aliphatic hydroxyl groups excluding tert-OH is 6. The van der Waals surface area contributed by atoms with Crippen molar-refractivity contribution >= 4 is 70.5 Å². The second-order valence-corrected chi connectivity index (χ2v) is 26.5. The van der Waals surface area contributed by atoms with Gasteiger partial charge in [0.05, 0.1) is 41.3 Å².